The molecule has 0 amide bonds. The van der Waals surface area contributed by atoms with Gasteiger partial charge in [0.1, 0.15) is 0 Å². The summed E-state index contributed by atoms with van der Waals surface area (Å²) in [7, 11) is 0. The fourth-order valence-corrected chi connectivity index (χ4v) is 1.82. The molecule has 0 aliphatic heterocycles. The van der Waals surface area contributed by atoms with Gasteiger partial charge in [0.15, 0.2) is 0 Å². The van der Waals surface area contributed by atoms with E-state index in [-0.39, 0.29) is 11.5 Å². The second-order valence-electron chi connectivity index (χ2n) is 4.73. The lowest BCUT2D eigenvalue weighted by molar-refractivity contribution is 0.233. The molecule has 0 rings (SSSR count). The molecule has 13 heavy (non-hydrogen) atoms. The van der Waals surface area contributed by atoms with Crippen LogP contribution in [0, 0.1) is 11.3 Å². The van der Waals surface area contributed by atoms with Gasteiger partial charge >= 0.3 is 0 Å². The van der Waals surface area contributed by atoms with Gasteiger partial charge in [-0.25, -0.2) is 0 Å². The van der Waals surface area contributed by atoms with Crippen LogP contribution in [0.4, 0.5) is 0 Å². The van der Waals surface area contributed by atoms with E-state index < -0.39 is 0 Å². The lowest BCUT2D eigenvalue weighted by Crippen LogP contribution is -2.36. The first-order chi connectivity index (χ1) is 5.83. The molecule has 0 aliphatic carbocycles. The van der Waals surface area contributed by atoms with Gasteiger partial charge in [0.25, 0.3) is 0 Å². The molecule has 0 radical (unpaired) electrons. The van der Waals surface area contributed by atoms with E-state index in [1.165, 1.54) is 5.57 Å². The molecule has 2 N–H and O–H groups in total. The minimum atomic E-state index is 0.257. The maximum atomic E-state index is 5.94. The van der Waals surface area contributed by atoms with Crippen molar-refractivity contribution in [3.8, 4) is 0 Å². The maximum absolute atomic E-state index is 5.94. The topological polar surface area (TPSA) is 26.0 Å². The normalized spacial score (nSPS) is 20.2. The van der Waals surface area contributed by atoms with Crippen LogP contribution in [0.3, 0.4) is 0 Å². The van der Waals surface area contributed by atoms with Crippen molar-refractivity contribution in [1.29, 1.82) is 0 Å². The van der Waals surface area contributed by atoms with Crippen LogP contribution in [0.5, 0.6) is 0 Å². The van der Waals surface area contributed by atoms with E-state index in [2.05, 4.69) is 47.6 Å². The largest absolute Gasteiger partial charge is 0.328 e. The molecule has 0 heterocycles. The summed E-state index contributed by atoms with van der Waals surface area (Å²) in [5.41, 5.74) is 7.59. The number of allylic oxidation sites excluding steroid dienone is 2. The molecule has 0 aromatic rings. The van der Waals surface area contributed by atoms with E-state index in [0.29, 0.717) is 5.92 Å². The molecule has 0 saturated heterocycles. The van der Waals surface area contributed by atoms with Gasteiger partial charge in [-0.3, -0.25) is 0 Å². The summed E-state index contributed by atoms with van der Waals surface area (Å²) in [6, 6.07) is 0.264. The highest BCUT2D eigenvalue weighted by Gasteiger charge is 2.29. The Hall–Kier alpha value is -0.300. The van der Waals surface area contributed by atoms with Gasteiger partial charge in [-0.05, 0) is 38.5 Å². The number of nitrogens with two attached hydrogens (primary N) is 1. The highest BCUT2D eigenvalue weighted by atomic mass is 14.6. The SMILES string of the molecule is CCC(C)(C=C(C)C)C(C)C(C)N. The van der Waals surface area contributed by atoms with Crippen LogP contribution in [-0.2, 0) is 0 Å². The van der Waals surface area contributed by atoms with Crippen molar-refractivity contribution in [2.45, 2.75) is 54.0 Å². The van der Waals surface area contributed by atoms with Gasteiger partial charge < -0.3 is 5.73 Å². The summed E-state index contributed by atoms with van der Waals surface area (Å²) in [6.07, 6.45) is 3.52. The van der Waals surface area contributed by atoms with Crippen LogP contribution >= 0.6 is 0 Å². The summed E-state index contributed by atoms with van der Waals surface area (Å²) in [4.78, 5) is 0. The van der Waals surface area contributed by atoms with Crippen LogP contribution < -0.4 is 5.73 Å². The third-order valence-electron chi connectivity index (χ3n) is 3.21. The molecule has 0 bridgehead atoms. The third-order valence-corrected chi connectivity index (χ3v) is 3.21. The van der Waals surface area contributed by atoms with Gasteiger partial charge in [0.05, 0.1) is 0 Å². The highest BCUT2D eigenvalue weighted by molar-refractivity contribution is 5.06. The molecular weight excluding hydrogens is 158 g/mol. The molecule has 0 aromatic heterocycles. The van der Waals surface area contributed by atoms with E-state index in [1.807, 2.05) is 0 Å². The number of rotatable bonds is 4. The van der Waals surface area contributed by atoms with Crippen molar-refractivity contribution in [2.24, 2.45) is 17.1 Å². The molecule has 0 saturated carbocycles. The van der Waals surface area contributed by atoms with E-state index in [0.717, 1.165) is 6.42 Å². The standard InChI is InChI=1S/C12H25N/c1-7-12(6,8-9(2)3)10(4)11(5)13/h8,10-11H,7,13H2,1-6H3. The van der Waals surface area contributed by atoms with Crippen molar-refractivity contribution in [3.05, 3.63) is 11.6 Å². The van der Waals surface area contributed by atoms with Crippen LogP contribution in [0.1, 0.15) is 48.0 Å². The van der Waals surface area contributed by atoms with Crippen molar-refractivity contribution in [1.82, 2.24) is 0 Å². The van der Waals surface area contributed by atoms with Gasteiger partial charge in [0, 0.05) is 6.04 Å². The molecule has 0 fully saturated rings. The Morgan fingerprint density at radius 3 is 2.08 bits per heavy atom. The molecule has 1 heteroatoms. The predicted molar refractivity (Wildman–Crippen MR) is 60.6 cm³/mol. The Morgan fingerprint density at radius 2 is 1.85 bits per heavy atom. The summed E-state index contributed by atoms with van der Waals surface area (Å²) in [6.45, 7) is 13.2. The smallest absolute Gasteiger partial charge is 0.00443 e. The van der Waals surface area contributed by atoms with Gasteiger partial charge in [-0.15, -0.1) is 0 Å². The van der Waals surface area contributed by atoms with Gasteiger partial charge in [0.2, 0.25) is 0 Å². The lowest BCUT2D eigenvalue weighted by Gasteiger charge is -2.35. The molecule has 0 aliphatic rings. The molecule has 0 spiro atoms. The Balaban J connectivity index is 4.72. The Labute approximate surface area is 83.4 Å². The van der Waals surface area contributed by atoms with Crippen molar-refractivity contribution < 1.29 is 0 Å². The Morgan fingerprint density at radius 1 is 1.38 bits per heavy atom. The monoisotopic (exact) mass is 183 g/mol. The van der Waals surface area contributed by atoms with Crippen LogP contribution in [-0.4, -0.2) is 6.04 Å². The first-order valence-electron chi connectivity index (χ1n) is 5.25. The molecule has 1 nitrogen and oxygen atoms in total. The van der Waals surface area contributed by atoms with E-state index in [4.69, 9.17) is 5.73 Å². The zero-order valence-electron chi connectivity index (χ0n) is 10.0. The maximum Gasteiger partial charge on any atom is 0.00443 e. The first-order valence-corrected chi connectivity index (χ1v) is 5.25. The predicted octanol–water partition coefficient (Wildman–Crippen LogP) is 3.35. The molecule has 3 unspecified atom stereocenters. The second kappa shape index (κ2) is 4.80. The molecule has 0 aromatic carbocycles. The minimum Gasteiger partial charge on any atom is -0.328 e. The Bertz CT molecular complexity index is 178. The summed E-state index contributed by atoms with van der Waals surface area (Å²) in [5.74, 6) is 0.535. The van der Waals surface area contributed by atoms with E-state index >= 15 is 0 Å². The summed E-state index contributed by atoms with van der Waals surface area (Å²) < 4.78 is 0. The number of hydrogen-bond acceptors (Lipinski definition) is 1. The molecule has 3 atom stereocenters. The quantitative estimate of drug-likeness (QED) is 0.665. The van der Waals surface area contributed by atoms with Crippen LogP contribution in [0.2, 0.25) is 0 Å². The minimum absolute atomic E-state index is 0.257. The third kappa shape index (κ3) is 3.51. The Kier molecular flexibility index (Phi) is 4.69. The van der Waals surface area contributed by atoms with Gasteiger partial charge in [-0.2, -0.15) is 0 Å². The van der Waals surface area contributed by atoms with Crippen molar-refractivity contribution in [2.75, 3.05) is 0 Å². The van der Waals surface area contributed by atoms with Crippen LogP contribution in [0.15, 0.2) is 11.6 Å². The highest BCUT2D eigenvalue weighted by Crippen LogP contribution is 2.35. The number of hydrogen-bond donors (Lipinski definition) is 1. The van der Waals surface area contributed by atoms with Crippen molar-refractivity contribution >= 4 is 0 Å². The van der Waals surface area contributed by atoms with Crippen LogP contribution in [0.25, 0.3) is 0 Å². The fourth-order valence-electron chi connectivity index (χ4n) is 1.82. The lowest BCUT2D eigenvalue weighted by atomic mass is 9.72. The second-order valence-corrected chi connectivity index (χ2v) is 4.73. The average molecular weight is 183 g/mol. The average Bonchev–Trinajstić information content (AvgIpc) is 2.01. The van der Waals surface area contributed by atoms with E-state index in [9.17, 15) is 0 Å². The summed E-state index contributed by atoms with van der Waals surface area (Å²) in [5, 5.41) is 0. The molecule has 78 valence electrons. The van der Waals surface area contributed by atoms with Gasteiger partial charge in [-0.1, -0.05) is 32.4 Å². The van der Waals surface area contributed by atoms with Crippen molar-refractivity contribution in [3.63, 3.8) is 0 Å². The van der Waals surface area contributed by atoms with E-state index in [1.54, 1.807) is 0 Å². The summed E-state index contributed by atoms with van der Waals surface area (Å²) >= 11 is 0. The fraction of sp³-hybridized carbons (Fsp3) is 0.833. The zero-order valence-corrected chi connectivity index (χ0v) is 10.0. The first kappa shape index (κ1) is 12.7. The zero-order chi connectivity index (χ0) is 10.6. The molecular formula is C12H25N.